The molecule has 1 amide bonds. The first-order valence-electron chi connectivity index (χ1n) is 13.6. The largest absolute Gasteiger partial charge is 0.481 e. The quantitative estimate of drug-likeness (QED) is 0.391. The summed E-state index contributed by atoms with van der Waals surface area (Å²) in [4.78, 5) is 30.3. The fourth-order valence-electron chi connectivity index (χ4n) is 5.56. The number of carboxylic acids is 1. The summed E-state index contributed by atoms with van der Waals surface area (Å²) in [5.74, 6) is 0.373. The number of aliphatic carboxylic acids is 1. The molecule has 0 aliphatic carbocycles. The lowest BCUT2D eigenvalue weighted by atomic mass is 9.81. The number of carbonyl (C=O) groups excluding carboxylic acids is 1. The molecule has 1 aromatic rings. The van der Waals surface area contributed by atoms with Gasteiger partial charge in [0.15, 0.2) is 11.5 Å². The van der Waals surface area contributed by atoms with Crippen LogP contribution in [0.15, 0.2) is 18.2 Å². The van der Waals surface area contributed by atoms with Gasteiger partial charge in [0, 0.05) is 31.6 Å². The summed E-state index contributed by atoms with van der Waals surface area (Å²) >= 11 is 0. The van der Waals surface area contributed by atoms with Crippen LogP contribution >= 0.6 is 0 Å². The Morgan fingerprint density at radius 1 is 1.06 bits per heavy atom. The van der Waals surface area contributed by atoms with Gasteiger partial charge in [0.05, 0.1) is 12.5 Å². The van der Waals surface area contributed by atoms with E-state index >= 15 is 0 Å². The average molecular weight is 489 g/mol. The van der Waals surface area contributed by atoms with Gasteiger partial charge >= 0.3 is 5.97 Å². The molecule has 7 nitrogen and oxygen atoms in total. The third-order valence-electron chi connectivity index (χ3n) is 7.84. The number of carboxylic acid groups (broad SMARTS) is 1. The number of amides is 1. The first kappa shape index (κ1) is 27.3. The lowest BCUT2D eigenvalue weighted by Gasteiger charge is -2.31. The summed E-state index contributed by atoms with van der Waals surface area (Å²) in [5.41, 5.74) is 0.944. The lowest BCUT2D eigenvalue weighted by Crippen LogP contribution is -2.45. The van der Waals surface area contributed by atoms with E-state index in [4.69, 9.17) is 9.47 Å². The molecule has 1 saturated heterocycles. The maximum atomic E-state index is 13.5. The van der Waals surface area contributed by atoms with Gasteiger partial charge in [0.1, 0.15) is 0 Å². The van der Waals surface area contributed by atoms with E-state index in [0.29, 0.717) is 24.0 Å². The zero-order valence-corrected chi connectivity index (χ0v) is 22.0. The lowest BCUT2D eigenvalue weighted by molar-refractivity contribution is -0.144. The van der Waals surface area contributed by atoms with Crippen molar-refractivity contribution < 1.29 is 24.2 Å². The zero-order chi connectivity index (χ0) is 25.4. The third-order valence-corrected chi connectivity index (χ3v) is 7.84. The molecule has 0 aromatic heterocycles. The number of fused-ring (bicyclic) bond motifs is 1. The van der Waals surface area contributed by atoms with E-state index in [1.165, 1.54) is 0 Å². The maximum Gasteiger partial charge on any atom is 0.308 e. The number of unbranched alkanes of at least 4 members (excludes halogenated alkanes) is 2. The van der Waals surface area contributed by atoms with Crippen LogP contribution in [0.4, 0.5) is 0 Å². The second-order valence-electron chi connectivity index (χ2n) is 10.1. The molecule has 0 saturated carbocycles. The molecule has 1 aromatic carbocycles. The number of ether oxygens (including phenoxy) is 2. The molecule has 2 heterocycles. The van der Waals surface area contributed by atoms with Gasteiger partial charge in [-0.2, -0.15) is 0 Å². The Balaban J connectivity index is 1.88. The van der Waals surface area contributed by atoms with Crippen molar-refractivity contribution in [3.8, 4) is 11.5 Å². The molecule has 2 aliphatic heterocycles. The van der Waals surface area contributed by atoms with Crippen molar-refractivity contribution in [2.24, 2.45) is 11.8 Å². The van der Waals surface area contributed by atoms with Gasteiger partial charge < -0.3 is 19.5 Å². The van der Waals surface area contributed by atoms with Gasteiger partial charge in [-0.3, -0.25) is 14.5 Å². The van der Waals surface area contributed by atoms with Crippen LogP contribution < -0.4 is 9.47 Å². The third kappa shape index (κ3) is 6.69. The summed E-state index contributed by atoms with van der Waals surface area (Å²) < 4.78 is 11.0. The number of hydrogen-bond donors (Lipinski definition) is 1. The standard InChI is InChI=1S/C28H44N2O5/c1-5-9-13-29(14-10-6-2)26(31)18-30-17-22(21-11-12-24-25(16-21)35-19-34-24)27(28(32)33)23(30)15-20(7-3)8-4/h11-12,16,20,22-23,27H,5-10,13-15,17-19H2,1-4H3,(H,32,33)/t22-,23+,27-/m1/s1. The van der Waals surface area contributed by atoms with Crippen molar-refractivity contribution >= 4 is 11.9 Å². The number of hydrogen-bond acceptors (Lipinski definition) is 5. The monoisotopic (exact) mass is 488 g/mol. The highest BCUT2D eigenvalue weighted by molar-refractivity contribution is 5.79. The molecular weight excluding hydrogens is 444 g/mol. The Labute approximate surface area is 210 Å². The Morgan fingerprint density at radius 3 is 2.31 bits per heavy atom. The molecule has 7 heteroatoms. The van der Waals surface area contributed by atoms with E-state index in [0.717, 1.165) is 63.6 Å². The molecule has 0 unspecified atom stereocenters. The van der Waals surface area contributed by atoms with Crippen molar-refractivity contribution in [3.05, 3.63) is 23.8 Å². The fourth-order valence-corrected chi connectivity index (χ4v) is 5.56. The molecule has 3 atom stereocenters. The molecule has 1 N–H and O–H groups in total. The van der Waals surface area contributed by atoms with Gasteiger partial charge in [-0.25, -0.2) is 0 Å². The average Bonchev–Trinajstić information content (AvgIpc) is 3.46. The van der Waals surface area contributed by atoms with E-state index < -0.39 is 11.9 Å². The van der Waals surface area contributed by atoms with Crippen LogP contribution in [0.2, 0.25) is 0 Å². The van der Waals surface area contributed by atoms with E-state index in [1.807, 2.05) is 23.1 Å². The second kappa shape index (κ2) is 13.1. The van der Waals surface area contributed by atoms with Crippen LogP contribution in [-0.2, 0) is 9.59 Å². The number of likely N-dealkylation sites (tertiary alicyclic amines) is 1. The molecule has 0 spiro atoms. The first-order chi connectivity index (χ1) is 16.9. The van der Waals surface area contributed by atoms with E-state index in [-0.39, 0.29) is 31.2 Å². The van der Waals surface area contributed by atoms with E-state index in [1.54, 1.807) is 0 Å². The summed E-state index contributed by atoms with van der Waals surface area (Å²) in [6, 6.07) is 5.59. The number of nitrogens with zero attached hydrogens (tertiary/aromatic N) is 2. The minimum absolute atomic E-state index is 0.122. The number of benzene rings is 1. The highest BCUT2D eigenvalue weighted by atomic mass is 16.7. The molecular formula is C28H44N2O5. The summed E-state index contributed by atoms with van der Waals surface area (Å²) in [7, 11) is 0. The Hall–Kier alpha value is -2.28. The van der Waals surface area contributed by atoms with Crippen LogP contribution in [0, 0.1) is 11.8 Å². The van der Waals surface area contributed by atoms with Crippen molar-refractivity contribution in [3.63, 3.8) is 0 Å². The molecule has 0 bridgehead atoms. The van der Waals surface area contributed by atoms with Crippen LogP contribution in [-0.4, -0.2) is 65.8 Å². The van der Waals surface area contributed by atoms with Crippen LogP contribution in [0.3, 0.4) is 0 Å². The van der Waals surface area contributed by atoms with Gasteiger partial charge in [-0.15, -0.1) is 0 Å². The minimum Gasteiger partial charge on any atom is -0.481 e. The molecule has 2 aliphatic rings. The molecule has 3 rings (SSSR count). The normalized spacial score (nSPS) is 21.6. The van der Waals surface area contributed by atoms with Crippen molar-refractivity contribution in [2.45, 2.75) is 84.6 Å². The molecule has 0 radical (unpaired) electrons. The van der Waals surface area contributed by atoms with Crippen molar-refractivity contribution in [1.29, 1.82) is 0 Å². The van der Waals surface area contributed by atoms with Gasteiger partial charge in [-0.1, -0.05) is 59.4 Å². The van der Waals surface area contributed by atoms with E-state index in [9.17, 15) is 14.7 Å². The van der Waals surface area contributed by atoms with Gasteiger partial charge in [0.25, 0.3) is 0 Å². The van der Waals surface area contributed by atoms with Crippen molar-refractivity contribution in [2.75, 3.05) is 33.0 Å². The number of rotatable bonds is 14. The molecule has 1 fully saturated rings. The first-order valence-corrected chi connectivity index (χ1v) is 13.6. The fraction of sp³-hybridized carbons (Fsp3) is 0.714. The van der Waals surface area contributed by atoms with Crippen LogP contribution in [0.5, 0.6) is 11.5 Å². The Kier molecular flexibility index (Phi) is 10.3. The highest BCUT2D eigenvalue weighted by Gasteiger charge is 2.47. The zero-order valence-electron chi connectivity index (χ0n) is 22.0. The predicted octanol–water partition coefficient (Wildman–Crippen LogP) is 5.14. The maximum absolute atomic E-state index is 13.5. The van der Waals surface area contributed by atoms with Gasteiger partial charge in [0.2, 0.25) is 12.7 Å². The molecule has 35 heavy (non-hydrogen) atoms. The summed E-state index contributed by atoms with van der Waals surface area (Å²) in [5, 5.41) is 10.4. The summed E-state index contributed by atoms with van der Waals surface area (Å²) in [6.45, 7) is 11.2. The van der Waals surface area contributed by atoms with Crippen LogP contribution in [0.25, 0.3) is 0 Å². The highest BCUT2D eigenvalue weighted by Crippen LogP contribution is 2.43. The number of carbonyl (C=O) groups is 2. The van der Waals surface area contributed by atoms with Crippen molar-refractivity contribution in [1.82, 2.24) is 9.80 Å². The molecule has 196 valence electrons. The SMILES string of the molecule is CCCCN(CCCC)C(=O)CN1C[C@H](c2ccc3c(c2)OCO3)[C@@H](C(=O)O)[C@@H]1CC(CC)CC. The van der Waals surface area contributed by atoms with Crippen LogP contribution in [0.1, 0.15) is 84.1 Å². The predicted molar refractivity (Wildman–Crippen MR) is 137 cm³/mol. The smallest absolute Gasteiger partial charge is 0.308 e. The topological polar surface area (TPSA) is 79.3 Å². The Bertz CT molecular complexity index is 833. The Morgan fingerprint density at radius 2 is 1.71 bits per heavy atom. The summed E-state index contributed by atoms with van der Waals surface area (Å²) in [6.07, 6.45) is 6.88. The minimum atomic E-state index is -0.785. The second-order valence-corrected chi connectivity index (χ2v) is 10.1. The van der Waals surface area contributed by atoms with E-state index in [2.05, 4.69) is 32.6 Å². The van der Waals surface area contributed by atoms with Gasteiger partial charge in [-0.05, 0) is 42.9 Å².